The number of Topliss-reactive ketones (excluding diaryl/α,β-unsaturated/α-hetero) is 1. The van der Waals surface area contributed by atoms with Crippen molar-refractivity contribution in [2.75, 3.05) is 11.4 Å². The minimum Gasteiger partial charge on any atom is -0.375 e. The Morgan fingerprint density at radius 1 is 1.24 bits per heavy atom. The first kappa shape index (κ1) is 17.6. The Labute approximate surface area is 149 Å². The van der Waals surface area contributed by atoms with Crippen LogP contribution in [0.25, 0.3) is 0 Å². The van der Waals surface area contributed by atoms with Gasteiger partial charge in [0.25, 0.3) is 5.91 Å². The molecule has 0 radical (unpaired) electrons. The summed E-state index contributed by atoms with van der Waals surface area (Å²) in [6, 6.07) is 9.84. The van der Waals surface area contributed by atoms with Crippen LogP contribution in [-0.4, -0.2) is 23.3 Å². The molecule has 0 aromatic heterocycles. The van der Waals surface area contributed by atoms with Gasteiger partial charge in [0.2, 0.25) is 0 Å². The minimum absolute atomic E-state index is 0.236. The average molecular weight is 362 g/mol. The molecule has 3 rings (SSSR count). The molecule has 2 aromatic carbocycles. The van der Waals surface area contributed by atoms with Gasteiger partial charge in [-0.3, -0.25) is 9.59 Å². The summed E-state index contributed by atoms with van der Waals surface area (Å²) < 4.78 is 13.0. The third kappa shape index (κ3) is 3.05. The van der Waals surface area contributed by atoms with E-state index in [2.05, 4.69) is 0 Å². The Morgan fingerprint density at radius 2 is 1.92 bits per heavy atom. The van der Waals surface area contributed by atoms with Crippen LogP contribution in [0.3, 0.4) is 0 Å². The van der Waals surface area contributed by atoms with Crippen LogP contribution in [0.5, 0.6) is 0 Å². The van der Waals surface area contributed by atoms with Crippen LogP contribution in [0, 0.1) is 5.82 Å². The molecule has 1 aliphatic rings. The van der Waals surface area contributed by atoms with E-state index in [0.717, 1.165) is 0 Å². The average Bonchev–Trinajstić information content (AvgIpc) is 2.77. The second-order valence-corrected chi connectivity index (χ2v) is 6.52. The molecule has 25 heavy (non-hydrogen) atoms. The fourth-order valence-electron chi connectivity index (χ4n) is 3.11. The lowest BCUT2D eigenvalue weighted by Gasteiger charge is -2.22. The number of rotatable bonds is 5. The van der Waals surface area contributed by atoms with Crippen molar-refractivity contribution in [2.24, 2.45) is 0 Å². The van der Waals surface area contributed by atoms with Crippen LogP contribution in [0.1, 0.15) is 35.7 Å². The minimum atomic E-state index is -1.97. The number of carbonyl (C=O) groups excluding carboxylic acids is 2. The van der Waals surface area contributed by atoms with Gasteiger partial charge in [-0.25, -0.2) is 4.39 Å². The van der Waals surface area contributed by atoms with Crippen LogP contribution >= 0.6 is 11.6 Å². The van der Waals surface area contributed by atoms with Crippen molar-refractivity contribution in [1.29, 1.82) is 0 Å². The Bertz CT molecular complexity index is 837. The van der Waals surface area contributed by atoms with Gasteiger partial charge in [0, 0.05) is 22.7 Å². The number of fused-ring (bicyclic) bond motifs is 1. The highest BCUT2D eigenvalue weighted by Crippen LogP contribution is 2.44. The Kier molecular flexibility index (Phi) is 4.62. The molecule has 0 aliphatic carbocycles. The monoisotopic (exact) mass is 361 g/mol. The number of aliphatic hydroxyl groups is 1. The molecule has 2 aromatic rings. The molecule has 0 saturated heterocycles. The molecule has 1 heterocycles. The van der Waals surface area contributed by atoms with Crippen molar-refractivity contribution in [3.63, 3.8) is 0 Å². The maximum Gasteiger partial charge on any atom is 0.264 e. The molecule has 130 valence electrons. The van der Waals surface area contributed by atoms with Gasteiger partial charge in [0.05, 0.1) is 12.1 Å². The zero-order valence-corrected chi connectivity index (χ0v) is 14.4. The largest absolute Gasteiger partial charge is 0.375 e. The van der Waals surface area contributed by atoms with Crippen molar-refractivity contribution in [3.05, 3.63) is 64.4 Å². The van der Waals surface area contributed by atoms with Crippen LogP contribution < -0.4 is 4.90 Å². The Balaban J connectivity index is 1.99. The quantitative estimate of drug-likeness (QED) is 0.826. The van der Waals surface area contributed by atoms with E-state index in [9.17, 15) is 19.1 Å². The lowest BCUT2D eigenvalue weighted by atomic mass is 9.88. The van der Waals surface area contributed by atoms with E-state index in [1.54, 1.807) is 12.1 Å². The first-order valence-corrected chi connectivity index (χ1v) is 8.37. The first-order chi connectivity index (χ1) is 11.9. The number of hydrogen-bond donors (Lipinski definition) is 1. The van der Waals surface area contributed by atoms with Gasteiger partial charge < -0.3 is 10.0 Å². The van der Waals surface area contributed by atoms with Gasteiger partial charge >= 0.3 is 0 Å². The van der Waals surface area contributed by atoms with E-state index >= 15 is 0 Å². The van der Waals surface area contributed by atoms with Crippen LogP contribution in [0.15, 0.2) is 42.5 Å². The van der Waals surface area contributed by atoms with Gasteiger partial charge in [0.1, 0.15) is 5.82 Å². The standard InChI is InChI=1S/C19H17ClFNO3/c1-2-9-22-16-8-5-13(20)10-15(16)19(25,18(22)24)11-17(23)12-3-6-14(21)7-4-12/h3-8,10,25H,2,9,11H2,1H3/t19-/m1/s1. The van der Waals surface area contributed by atoms with E-state index in [0.29, 0.717) is 29.2 Å². The summed E-state index contributed by atoms with van der Waals surface area (Å²) in [5, 5.41) is 11.4. The second-order valence-electron chi connectivity index (χ2n) is 6.09. The molecule has 1 atom stereocenters. The summed E-state index contributed by atoms with van der Waals surface area (Å²) in [6.45, 7) is 2.35. The molecule has 1 amide bonds. The SMILES string of the molecule is CCCN1C(=O)[C@@](O)(CC(=O)c2ccc(F)cc2)c2cc(Cl)ccc21. The number of benzene rings is 2. The van der Waals surface area contributed by atoms with Gasteiger partial charge in [-0.2, -0.15) is 0 Å². The molecule has 0 unspecified atom stereocenters. The van der Waals surface area contributed by atoms with Crippen molar-refractivity contribution < 1.29 is 19.1 Å². The maximum absolute atomic E-state index is 13.0. The van der Waals surface area contributed by atoms with E-state index < -0.39 is 29.5 Å². The summed E-state index contributed by atoms with van der Waals surface area (Å²) in [4.78, 5) is 26.8. The molecule has 6 heteroatoms. The fourth-order valence-corrected chi connectivity index (χ4v) is 3.28. The number of ketones is 1. The maximum atomic E-state index is 13.0. The van der Waals surface area contributed by atoms with E-state index in [-0.39, 0.29) is 5.56 Å². The summed E-state index contributed by atoms with van der Waals surface area (Å²) in [5.74, 6) is -1.44. The van der Waals surface area contributed by atoms with Crippen molar-refractivity contribution in [1.82, 2.24) is 0 Å². The topological polar surface area (TPSA) is 57.6 Å². The van der Waals surface area contributed by atoms with Crippen molar-refractivity contribution >= 4 is 29.0 Å². The molecule has 4 nitrogen and oxygen atoms in total. The Hall–Kier alpha value is -2.24. The van der Waals surface area contributed by atoms with Gasteiger partial charge in [-0.1, -0.05) is 18.5 Å². The van der Waals surface area contributed by atoms with Crippen LogP contribution in [0.4, 0.5) is 10.1 Å². The van der Waals surface area contributed by atoms with Crippen molar-refractivity contribution in [2.45, 2.75) is 25.4 Å². The summed E-state index contributed by atoms with van der Waals surface area (Å²) >= 11 is 6.03. The molecule has 0 spiro atoms. The zero-order valence-electron chi connectivity index (χ0n) is 13.6. The number of carbonyl (C=O) groups is 2. The fraction of sp³-hybridized carbons (Fsp3) is 0.263. The highest BCUT2D eigenvalue weighted by molar-refractivity contribution is 6.31. The number of hydrogen-bond acceptors (Lipinski definition) is 3. The van der Waals surface area contributed by atoms with Gasteiger partial charge in [-0.15, -0.1) is 0 Å². The number of amides is 1. The second kappa shape index (κ2) is 6.58. The third-order valence-corrected chi connectivity index (χ3v) is 4.56. The normalized spacial score (nSPS) is 19.2. The van der Waals surface area contributed by atoms with Crippen LogP contribution in [-0.2, 0) is 10.4 Å². The lowest BCUT2D eigenvalue weighted by Crippen LogP contribution is -2.42. The number of nitrogens with zero attached hydrogens (tertiary/aromatic N) is 1. The smallest absolute Gasteiger partial charge is 0.264 e. The highest BCUT2D eigenvalue weighted by atomic mass is 35.5. The Morgan fingerprint density at radius 3 is 2.56 bits per heavy atom. The molecule has 0 saturated carbocycles. The van der Waals surface area contributed by atoms with E-state index in [1.165, 1.54) is 35.2 Å². The third-order valence-electron chi connectivity index (χ3n) is 4.32. The lowest BCUT2D eigenvalue weighted by molar-refractivity contribution is -0.135. The van der Waals surface area contributed by atoms with Crippen molar-refractivity contribution in [3.8, 4) is 0 Å². The molecule has 1 N–H and O–H groups in total. The van der Waals surface area contributed by atoms with Crippen LogP contribution in [0.2, 0.25) is 5.02 Å². The first-order valence-electron chi connectivity index (χ1n) is 8.00. The molecule has 0 fully saturated rings. The summed E-state index contributed by atoms with van der Waals surface area (Å²) in [6.07, 6.45) is 0.279. The van der Waals surface area contributed by atoms with Gasteiger partial charge in [-0.05, 0) is 48.9 Å². The summed E-state index contributed by atoms with van der Waals surface area (Å²) in [5.41, 5.74) is -0.847. The molecular formula is C19H17ClFNO3. The molecule has 0 bridgehead atoms. The zero-order chi connectivity index (χ0) is 18.2. The number of halogens is 2. The van der Waals surface area contributed by atoms with E-state index in [4.69, 9.17) is 11.6 Å². The number of anilines is 1. The predicted octanol–water partition coefficient (Wildman–Crippen LogP) is 3.70. The highest BCUT2D eigenvalue weighted by Gasteiger charge is 2.50. The predicted molar refractivity (Wildman–Crippen MR) is 93.3 cm³/mol. The molecule has 1 aliphatic heterocycles. The van der Waals surface area contributed by atoms with E-state index in [1.807, 2.05) is 6.92 Å². The van der Waals surface area contributed by atoms with Gasteiger partial charge in [0.15, 0.2) is 11.4 Å². The molecular weight excluding hydrogens is 345 g/mol. The summed E-state index contributed by atoms with van der Waals surface area (Å²) in [7, 11) is 0.